The summed E-state index contributed by atoms with van der Waals surface area (Å²) in [5, 5.41) is 9.51. The molecule has 0 aromatic carbocycles. The maximum Gasteiger partial charge on any atom is 0.252 e. The van der Waals surface area contributed by atoms with Gasteiger partial charge >= 0.3 is 0 Å². The molecule has 92 valence electrons. The smallest absolute Gasteiger partial charge is 0.252 e. The van der Waals surface area contributed by atoms with Gasteiger partial charge in [-0.15, -0.1) is 0 Å². The Morgan fingerprint density at radius 1 is 1.59 bits per heavy atom. The van der Waals surface area contributed by atoms with Gasteiger partial charge in [-0.2, -0.15) is 0 Å². The highest BCUT2D eigenvalue weighted by Crippen LogP contribution is 2.18. The Morgan fingerprint density at radius 2 is 2.35 bits per heavy atom. The predicted octanol–water partition coefficient (Wildman–Crippen LogP) is -0.409. The number of anilines is 1. The molecule has 17 heavy (non-hydrogen) atoms. The molecular formula is C11H16N4O2. The van der Waals surface area contributed by atoms with Crippen molar-refractivity contribution in [3.05, 3.63) is 24.4 Å². The zero-order chi connectivity index (χ0) is 12.3. The van der Waals surface area contributed by atoms with E-state index in [0.29, 0.717) is 18.9 Å². The summed E-state index contributed by atoms with van der Waals surface area (Å²) in [5.74, 6) is 0.447. The zero-order valence-electron chi connectivity index (χ0n) is 9.68. The van der Waals surface area contributed by atoms with Crippen LogP contribution in [0, 0.1) is 0 Å². The second-order valence-corrected chi connectivity index (χ2v) is 4.53. The van der Waals surface area contributed by atoms with Crippen LogP contribution in [-0.4, -0.2) is 46.1 Å². The minimum absolute atomic E-state index is 0.147. The molecule has 0 aliphatic carbocycles. The number of hydrogen-bond donors (Lipinski definition) is 3. The van der Waals surface area contributed by atoms with E-state index in [4.69, 9.17) is 0 Å². The molecular weight excluding hydrogens is 220 g/mol. The fraction of sp³-hybridized carbons (Fsp3) is 0.455. The van der Waals surface area contributed by atoms with E-state index in [0.717, 1.165) is 0 Å². The van der Waals surface area contributed by atoms with Gasteiger partial charge in [0, 0.05) is 19.3 Å². The average molecular weight is 236 g/mol. The lowest BCUT2D eigenvalue weighted by Crippen LogP contribution is -2.61. The Labute approximate surface area is 99.6 Å². The second-order valence-electron chi connectivity index (χ2n) is 4.53. The largest absolute Gasteiger partial charge is 0.388 e. The third-order valence-electron chi connectivity index (χ3n) is 2.49. The van der Waals surface area contributed by atoms with Crippen LogP contribution in [0.25, 0.3) is 0 Å². The van der Waals surface area contributed by atoms with Crippen LogP contribution < -0.4 is 10.9 Å². The molecule has 1 aliphatic rings. The number of carbonyl (C=O) groups is 1. The van der Waals surface area contributed by atoms with Gasteiger partial charge in [0.05, 0.1) is 12.1 Å². The van der Waals surface area contributed by atoms with Gasteiger partial charge < -0.3 is 5.11 Å². The number of amides is 1. The van der Waals surface area contributed by atoms with Crippen molar-refractivity contribution in [2.45, 2.75) is 12.5 Å². The molecule has 1 amide bonds. The number of β-amino-alcohol motifs (C(OH)–C–C–N with tert-alkyl or cyclic N) is 1. The minimum Gasteiger partial charge on any atom is -0.388 e. The summed E-state index contributed by atoms with van der Waals surface area (Å²) in [7, 11) is 0. The zero-order valence-corrected chi connectivity index (χ0v) is 9.68. The number of likely N-dealkylation sites (tertiary alicyclic amines) is 1. The number of pyridine rings is 1. The first-order chi connectivity index (χ1) is 8.05. The van der Waals surface area contributed by atoms with Gasteiger partial charge in [-0.1, -0.05) is 6.07 Å². The first-order valence-corrected chi connectivity index (χ1v) is 5.46. The van der Waals surface area contributed by atoms with Crippen LogP contribution in [0.3, 0.4) is 0 Å². The predicted molar refractivity (Wildman–Crippen MR) is 63.1 cm³/mol. The fourth-order valence-electron chi connectivity index (χ4n) is 1.84. The van der Waals surface area contributed by atoms with Gasteiger partial charge in [0.1, 0.15) is 5.82 Å². The van der Waals surface area contributed by atoms with Crippen molar-refractivity contribution in [1.82, 2.24) is 15.3 Å². The molecule has 2 rings (SSSR count). The molecule has 3 N–H and O–H groups in total. The van der Waals surface area contributed by atoms with E-state index in [-0.39, 0.29) is 12.5 Å². The number of carbonyl (C=O) groups excluding carboxylic acids is 1. The maximum absolute atomic E-state index is 11.5. The molecule has 0 atom stereocenters. The van der Waals surface area contributed by atoms with E-state index in [2.05, 4.69) is 15.8 Å². The highest BCUT2D eigenvalue weighted by atomic mass is 16.3. The molecule has 0 saturated carbocycles. The Hall–Kier alpha value is -1.66. The van der Waals surface area contributed by atoms with Gasteiger partial charge in [0.15, 0.2) is 0 Å². The summed E-state index contributed by atoms with van der Waals surface area (Å²) in [5.41, 5.74) is 4.63. The quantitative estimate of drug-likeness (QED) is 0.620. The third kappa shape index (κ3) is 3.40. The lowest BCUT2D eigenvalue weighted by Gasteiger charge is -2.43. The topological polar surface area (TPSA) is 77.5 Å². The summed E-state index contributed by atoms with van der Waals surface area (Å²) in [4.78, 5) is 17.4. The molecule has 1 saturated heterocycles. The number of nitrogens with zero attached hydrogens (tertiary/aromatic N) is 2. The van der Waals surface area contributed by atoms with Crippen LogP contribution in [-0.2, 0) is 4.79 Å². The average Bonchev–Trinajstić information content (AvgIpc) is 2.25. The monoisotopic (exact) mass is 236 g/mol. The van der Waals surface area contributed by atoms with E-state index in [1.54, 1.807) is 25.3 Å². The molecule has 2 heterocycles. The van der Waals surface area contributed by atoms with Crippen LogP contribution in [0.2, 0.25) is 0 Å². The Morgan fingerprint density at radius 3 is 2.94 bits per heavy atom. The van der Waals surface area contributed by atoms with Crippen LogP contribution in [0.1, 0.15) is 6.92 Å². The minimum atomic E-state index is -0.644. The summed E-state index contributed by atoms with van der Waals surface area (Å²) < 4.78 is 0. The Kier molecular flexibility index (Phi) is 3.26. The van der Waals surface area contributed by atoms with Crippen molar-refractivity contribution in [2.75, 3.05) is 25.1 Å². The van der Waals surface area contributed by atoms with E-state index in [9.17, 15) is 9.90 Å². The second kappa shape index (κ2) is 4.68. The molecule has 1 aliphatic heterocycles. The number of aromatic nitrogens is 1. The van der Waals surface area contributed by atoms with Gasteiger partial charge in [-0.05, 0) is 19.1 Å². The Bertz CT molecular complexity index is 386. The highest BCUT2D eigenvalue weighted by Gasteiger charge is 2.37. The molecule has 6 nitrogen and oxygen atoms in total. The van der Waals surface area contributed by atoms with Gasteiger partial charge in [-0.3, -0.25) is 20.5 Å². The number of aliphatic hydroxyl groups is 1. The normalized spacial score (nSPS) is 18.2. The molecule has 0 spiro atoms. The number of nitrogens with one attached hydrogen (secondary N) is 2. The van der Waals surface area contributed by atoms with Crippen molar-refractivity contribution in [1.29, 1.82) is 0 Å². The fourth-order valence-corrected chi connectivity index (χ4v) is 1.84. The summed E-state index contributed by atoms with van der Waals surface area (Å²) in [6, 6.07) is 5.39. The highest BCUT2D eigenvalue weighted by molar-refractivity contribution is 5.79. The van der Waals surface area contributed by atoms with Crippen molar-refractivity contribution in [3.63, 3.8) is 0 Å². The lowest BCUT2D eigenvalue weighted by molar-refractivity contribution is -0.129. The molecule has 1 aromatic heterocycles. The number of rotatable bonds is 4. The standard InChI is InChI=1S/C11H16N4O2/c1-11(17)7-15(8-11)6-10(16)14-13-9-4-2-3-5-12-9/h2-5,17H,6-8H2,1H3,(H,12,13)(H,14,16). The van der Waals surface area contributed by atoms with Crippen LogP contribution in [0.15, 0.2) is 24.4 Å². The molecule has 0 bridgehead atoms. The summed E-state index contributed by atoms with van der Waals surface area (Å²) in [6.45, 7) is 3.09. The van der Waals surface area contributed by atoms with E-state index >= 15 is 0 Å². The number of hydrazine groups is 1. The molecule has 0 radical (unpaired) electrons. The van der Waals surface area contributed by atoms with Gasteiger partial charge in [-0.25, -0.2) is 4.98 Å². The van der Waals surface area contributed by atoms with E-state index in [1.165, 1.54) is 0 Å². The van der Waals surface area contributed by atoms with Gasteiger partial charge in [0.25, 0.3) is 5.91 Å². The number of hydrogen-bond acceptors (Lipinski definition) is 5. The first kappa shape index (κ1) is 11.8. The van der Waals surface area contributed by atoms with E-state index < -0.39 is 5.60 Å². The van der Waals surface area contributed by atoms with Crippen molar-refractivity contribution in [3.8, 4) is 0 Å². The maximum atomic E-state index is 11.5. The summed E-state index contributed by atoms with van der Waals surface area (Å²) >= 11 is 0. The molecule has 1 aromatic rings. The Balaban J connectivity index is 1.69. The molecule has 1 fully saturated rings. The molecule has 0 unspecified atom stereocenters. The van der Waals surface area contributed by atoms with Crippen molar-refractivity contribution in [2.24, 2.45) is 0 Å². The van der Waals surface area contributed by atoms with Crippen molar-refractivity contribution >= 4 is 11.7 Å². The first-order valence-electron chi connectivity index (χ1n) is 5.46. The SMILES string of the molecule is CC1(O)CN(CC(=O)NNc2ccccn2)C1. The van der Waals surface area contributed by atoms with Crippen LogP contribution >= 0.6 is 0 Å². The van der Waals surface area contributed by atoms with Gasteiger partial charge in [0.2, 0.25) is 0 Å². The lowest BCUT2D eigenvalue weighted by atomic mass is 9.97. The molecule has 6 heteroatoms. The van der Waals surface area contributed by atoms with Crippen LogP contribution in [0.5, 0.6) is 0 Å². The third-order valence-corrected chi connectivity index (χ3v) is 2.49. The van der Waals surface area contributed by atoms with Crippen molar-refractivity contribution < 1.29 is 9.90 Å². The van der Waals surface area contributed by atoms with Crippen LogP contribution in [0.4, 0.5) is 5.82 Å². The van der Waals surface area contributed by atoms with E-state index in [1.807, 2.05) is 11.0 Å². The summed E-state index contributed by atoms with van der Waals surface area (Å²) in [6.07, 6.45) is 1.64.